The van der Waals surface area contributed by atoms with Crippen molar-refractivity contribution >= 4 is 5.97 Å². The van der Waals surface area contributed by atoms with Crippen molar-refractivity contribution in [3.05, 3.63) is 0 Å². The molecule has 0 aromatic rings. The lowest BCUT2D eigenvalue weighted by Crippen LogP contribution is -2.45. The Kier molecular flexibility index (Phi) is 6.30. The van der Waals surface area contributed by atoms with Crippen LogP contribution in [-0.4, -0.2) is 49.2 Å². The summed E-state index contributed by atoms with van der Waals surface area (Å²) in [7, 11) is 0. The molecule has 0 amide bonds. The zero-order valence-corrected chi connectivity index (χ0v) is 13.1. The van der Waals surface area contributed by atoms with E-state index in [4.69, 9.17) is 4.74 Å². The summed E-state index contributed by atoms with van der Waals surface area (Å²) in [6.45, 7) is 8.30. The summed E-state index contributed by atoms with van der Waals surface area (Å²) in [4.78, 5) is 14.4. The molecule has 3 atom stereocenters. The lowest BCUT2D eigenvalue weighted by atomic mass is 9.85. The van der Waals surface area contributed by atoms with Crippen molar-refractivity contribution in [1.82, 2.24) is 10.2 Å². The minimum Gasteiger partial charge on any atom is -0.466 e. The van der Waals surface area contributed by atoms with Gasteiger partial charge >= 0.3 is 5.97 Å². The number of carbonyl (C=O) groups is 1. The van der Waals surface area contributed by atoms with Crippen molar-refractivity contribution in [2.45, 2.75) is 64.5 Å². The van der Waals surface area contributed by atoms with Crippen LogP contribution in [-0.2, 0) is 9.53 Å². The maximum absolute atomic E-state index is 11.8. The fraction of sp³-hybridized carbons (Fsp3) is 0.938. The van der Waals surface area contributed by atoms with Crippen molar-refractivity contribution in [1.29, 1.82) is 0 Å². The van der Waals surface area contributed by atoms with Crippen molar-refractivity contribution in [2.24, 2.45) is 5.92 Å². The molecule has 0 spiro atoms. The Labute approximate surface area is 123 Å². The maximum atomic E-state index is 11.8. The van der Waals surface area contributed by atoms with Gasteiger partial charge in [-0.1, -0.05) is 6.42 Å². The number of ether oxygens (including phenoxy) is 1. The van der Waals surface area contributed by atoms with Gasteiger partial charge in [-0.15, -0.1) is 0 Å². The quantitative estimate of drug-likeness (QED) is 0.758. The number of hydrogen-bond donors (Lipinski definition) is 1. The Hall–Kier alpha value is -0.610. The summed E-state index contributed by atoms with van der Waals surface area (Å²) in [5, 5.41) is 3.72. The first-order valence-electron chi connectivity index (χ1n) is 8.34. The lowest BCUT2D eigenvalue weighted by molar-refractivity contribution is -0.149. The monoisotopic (exact) mass is 282 g/mol. The van der Waals surface area contributed by atoms with E-state index in [0.717, 1.165) is 25.8 Å². The molecule has 2 fully saturated rings. The largest absolute Gasteiger partial charge is 0.466 e. The van der Waals surface area contributed by atoms with Gasteiger partial charge in [-0.05, 0) is 59.0 Å². The van der Waals surface area contributed by atoms with Crippen molar-refractivity contribution in [3.63, 3.8) is 0 Å². The maximum Gasteiger partial charge on any atom is 0.308 e. The summed E-state index contributed by atoms with van der Waals surface area (Å²) in [6, 6.07) is 0.995. The van der Waals surface area contributed by atoms with E-state index >= 15 is 0 Å². The molecule has 1 saturated heterocycles. The number of nitrogens with one attached hydrogen (secondary N) is 1. The zero-order valence-electron chi connectivity index (χ0n) is 13.1. The lowest BCUT2D eigenvalue weighted by Gasteiger charge is -2.32. The summed E-state index contributed by atoms with van der Waals surface area (Å²) < 4.78 is 5.17. The van der Waals surface area contributed by atoms with Crippen LogP contribution in [0.2, 0.25) is 0 Å². The molecule has 4 nitrogen and oxygen atoms in total. The molecule has 1 saturated carbocycles. The molecule has 1 N–H and O–H groups in total. The zero-order chi connectivity index (χ0) is 14.4. The van der Waals surface area contributed by atoms with Crippen molar-refractivity contribution in [3.8, 4) is 0 Å². The molecule has 0 bridgehead atoms. The van der Waals surface area contributed by atoms with Crippen molar-refractivity contribution < 1.29 is 9.53 Å². The Morgan fingerprint density at radius 2 is 2.05 bits per heavy atom. The minimum absolute atomic E-state index is 0.00574. The fourth-order valence-electron chi connectivity index (χ4n) is 3.62. The average molecular weight is 282 g/mol. The molecule has 3 unspecified atom stereocenters. The van der Waals surface area contributed by atoms with Gasteiger partial charge < -0.3 is 15.0 Å². The topological polar surface area (TPSA) is 41.6 Å². The smallest absolute Gasteiger partial charge is 0.308 e. The molecule has 0 aromatic carbocycles. The first kappa shape index (κ1) is 15.8. The molecular weight excluding hydrogens is 252 g/mol. The van der Waals surface area contributed by atoms with Gasteiger partial charge in [0.1, 0.15) is 0 Å². The molecule has 2 aliphatic rings. The highest BCUT2D eigenvalue weighted by Gasteiger charge is 2.29. The normalized spacial score (nSPS) is 29.3. The molecule has 20 heavy (non-hydrogen) atoms. The van der Waals surface area contributed by atoms with E-state index in [1.165, 1.54) is 32.4 Å². The third-order valence-corrected chi connectivity index (χ3v) is 4.55. The molecule has 0 radical (unpaired) electrons. The molecule has 2 rings (SSSR count). The molecule has 116 valence electrons. The molecule has 4 heteroatoms. The molecule has 1 heterocycles. The summed E-state index contributed by atoms with van der Waals surface area (Å²) >= 11 is 0. The number of nitrogens with zero attached hydrogens (tertiary/aromatic N) is 1. The highest BCUT2D eigenvalue weighted by atomic mass is 16.5. The Morgan fingerprint density at radius 1 is 1.30 bits per heavy atom. The second-order valence-electron chi connectivity index (χ2n) is 6.39. The second kappa shape index (κ2) is 7.99. The van der Waals surface area contributed by atoms with Gasteiger partial charge in [0.05, 0.1) is 12.5 Å². The average Bonchev–Trinajstić information content (AvgIpc) is 2.92. The van der Waals surface area contributed by atoms with Crippen LogP contribution in [0.1, 0.15) is 52.4 Å². The predicted molar refractivity (Wildman–Crippen MR) is 80.7 cm³/mol. The summed E-state index contributed by atoms with van der Waals surface area (Å²) in [5.41, 5.74) is 0. The van der Waals surface area contributed by atoms with Crippen LogP contribution in [0, 0.1) is 5.92 Å². The Morgan fingerprint density at radius 3 is 2.75 bits per heavy atom. The summed E-state index contributed by atoms with van der Waals surface area (Å²) in [6.07, 6.45) is 6.97. The van der Waals surface area contributed by atoms with E-state index in [0.29, 0.717) is 18.7 Å². The number of likely N-dealkylation sites (tertiary alicyclic amines) is 1. The van der Waals surface area contributed by atoms with Gasteiger partial charge in [0.25, 0.3) is 0 Å². The minimum atomic E-state index is 0.00574. The third kappa shape index (κ3) is 4.74. The van der Waals surface area contributed by atoms with Gasteiger partial charge in [-0.2, -0.15) is 0 Å². The molecular formula is C16H30N2O2. The van der Waals surface area contributed by atoms with E-state index in [1.807, 2.05) is 6.92 Å². The number of rotatable bonds is 6. The first-order valence-corrected chi connectivity index (χ1v) is 8.34. The first-order chi connectivity index (χ1) is 9.69. The molecule has 1 aliphatic heterocycles. The number of carbonyl (C=O) groups excluding carboxylic acids is 1. The Bertz CT molecular complexity index is 303. The standard InChI is InChI=1S/C16H30N2O2/c1-3-20-16(19)14-7-6-8-15(11-14)17-13(2)12-18-9-4-5-10-18/h13-15,17H,3-12H2,1-2H3. The molecule has 0 aromatic heterocycles. The van der Waals surface area contributed by atoms with Gasteiger partial charge in [0, 0.05) is 18.6 Å². The van der Waals surface area contributed by atoms with Crippen LogP contribution in [0.25, 0.3) is 0 Å². The highest BCUT2D eigenvalue weighted by molar-refractivity contribution is 5.72. The predicted octanol–water partition coefficient (Wildman–Crippen LogP) is 2.18. The van der Waals surface area contributed by atoms with Crippen LogP contribution in [0.15, 0.2) is 0 Å². The van der Waals surface area contributed by atoms with Gasteiger partial charge in [-0.3, -0.25) is 4.79 Å². The third-order valence-electron chi connectivity index (χ3n) is 4.55. The van der Waals surface area contributed by atoms with E-state index in [9.17, 15) is 4.79 Å². The van der Waals surface area contributed by atoms with Crippen LogP contribution < -0.4 is 5.32 Å². The second-order valence-corrected chi connectivity index (χ2v) is 6.39. The van der Waals surface area contributed by atoms with Gasteiger partial charge in [-0.25, -0.2) is 0 Å². The molecule has 1 aliphatic carbocycles. The Balaban J connectivity index is 1.72. The van der Waals surface area contributed by atoms with E-state index < -0.39 is 0 Å². The van der Waals surface area contributed by atoms with Crippen molar-refractivity contribution in [2.75, 3.05) is 26.2 Å². The fourth-order valence-corrected chi connectivity index (χ4v) is 3.62. The summed E-state index contributed by atoms with van der Waals surface area (Å²) in [5.74, 6) is 0.117. The van der Waals surface area contributed by atoms with Crippen LogP contribution in [0.3, 0.4) is 0 Å². The number of esters is 1. The van der Waals surface area contributed by atoms with Gasteiger partial charge in [0.2, 0.25) is 0 Å². The van der Waals surface area contributed by atoms with E-state index in [1.54, 1.807) is 0 Å². The van der Waals surface area contributed by atoms with Crippen LogP contribution in [0.4, 0.5) is 0 Å². The van der Waals surface area contributed by atoms with Gasteiger partial charge in [0.15, 0.2) is 0 Å². The van der Waals surface area contributed by atoms with Crippen LogP contribution in [0.5, 0.6) is 0 Å². The van der Waals surface area contributed by atoms with E-state index in [2.05, 4.69) is 17.1 Å². The number of hydrogen-bond acceptors (Lipinski definition) is 4. The highest BCUT2D eigenvalue weighted by Crippen LogP contribution is 2.25. The van der Waals surface area contributed by atoms with Crippen LogP contribution >= 0.6 is 0 Å². The SMILES string of the molecule is CCOC(=O)C1CCCC(NC(C)CN2CCCC2)C1. The van der Waals surface area contributed by atoms with E-state index in [-0.39, 0.29) is 11.9 Å².